The Bertz CT molecular complexity index is 1530. The highest BCUT2D eigenvalue weighted by Crippen LogP contribution is 2.60. The van der Waals surface area contributed by atoms with Crippen molar-refractivity contribution in [2.75, 3.05) is 12.0 Å². The molecule has 1 N–H and O–H groups in total. The lowest BCUT2D eigenvalue weighted by Gasteiger charge is -2.45. The van der Waals surface area contributed by atoms with Gasteiger partial charge in [0.1, 0.15) is 0 Å². The van der Waals surface area contributed by atoms with Crippen LogP contribution in [0.2, 0.25) is 5.02 Å². The zero-order valence-corrected chi connectivity index (χ0v) is 27.0. The monoisotopic (exact) mass is 613 g/mol. The lowest BCUT2D eigenvalue weighted by molar-refractivity contribution is -0.118. The standard InChI is InChI=1S/C38H44ClNO4/c1-22(2)44-34-21-32-27(19-33(34)43-4)20-35(41)40(37(32)23-8-12-30(39)13-9-23)31-14-10-29(11-15-31)38(3,42)36-25-7-5-6-24-16-28(36)18-26(24)17-25/h8-15,19,21-22,24-26,28,36-37,42H,5-7,16-18,20H2,1-4H3/t24?,25?,26?,28?,36?,37-,38?/m0/s1. The van der Waals surface area contributed by atoms with Crippen molar-refractivity contribution in [1.82, 2.24) is 0 Å². The fraction of sp³-hybridized carbons (Fsp3) is 0.500. The SMILES string of the molecule is COc1cc2c(cc1OC(C)C)[C@H](c1ccc(Cl)cc1)N(c1ccc(C(C)(O)C3C4CCCC5CC3CC5C4)cc1)C(=O)C2. The van der Waals surface area contributed by atoms with Crippen LogP contribution in [0, 0.1) is 29.6 Å². The van der Waals surface area contributed by atoms with E-state index in [9.17, 15) is 9.90 Å². The summed E-state index contributed by atoms with van der Waals surface area (Å²) in [5.74, 6) is 4.50. The topological polar surface area (TPSA) is 59.0 Å². The highest BCUT2D eigenvalue weighted by atomic mass is 35.5. The molecule has 232 valence electrons. The third-order valence-corrected chi connectivity index (χ3v) is 11.4. The molecule has 0 aromatic heterocycles. The number of aliphatic hydroxyl groups is 1. The number of anilines is 1. The number of hydrogen-bond donors (Lipinski definition) is 1. The molecule has 3 aromatic rings. The molecule has 5 nitrogen and oxygen atoms in total. The van der Waals surface area contributed by atoms with E-state index in [0.717, 1.165) is 39.8 Å². The molecule has 1 heterocycles. The summed E-state index contributed by atoms with van der Waals surface area (Å²) in [6.07, 6.45) is 7.96. The normalized spacial score (nSPS) is 28.9. The second kappa shape index (κ2) is 11.4. The third-order valence-electron chi connectivity index (χ3n) is 11.2. The van der Waals surface area contributed by atoms with Gasteiger partial charge < -0.3 is 19.5 Å². The van der Waals surface area contributed by atoms with Crippen molar-refractivity contribution < 1.29 is 19.4 Å². The van der Waals surface area contributed by atoms with Gasteiger partial charge in [0.2, 0.25) is 5.91 Å². The zero-order chi connectivity index (χ0) is 30.7. The molecule has 3 fully saturated rings. The van der Waals surface area contributed by atoms with Gasteiger partial charge in [-0.2, -0.15) is 0 Å². The summed E-state index contributed by atoms with van der Waals surface area (Å²) in [5, 5.41) is 12.9. The first-order valence-electron chi connectivity index (χ1n) is 16.4. The van der Waals surface area contributed by atoms with E-state index in [1.54, 1.807) is 7.11 Å². The van der Waals surface area contributed by atoms with Crippen LogP contribution in [0.5, 0.6) is 11.5 Å². The second-order valence-corrected chi connectivity index (χ2v) is 14.6. The molecular formula is C38H44ClNO4. The van der Waals surface area contributed by atoms with Crippen molar-refractivity contribution in [3.05, 3.63) is 87.9 Å². The van der Waals surface area contributed by atoms with Crippen molar-refractivity contribution in [3.8, 4) is 11.5 Å². The van der Waals surface area contributed by atoms with E-state index in [1.807, 2.05) is 74.2 Å². The molecule has 7 rings (SSSR count). The fourth-order valence-corrected chi connectivity index (χ4v) is 9.58. The Hall–Kier alpha value is -3.02. The van der Waals surface area contributed by atoms with E-state index in [4.69, 9.17) is 21.1 Å². The summed E-state index contributed by atoms with van der Waals surface area (Å²) in [6.45, 7) is 6.02. The van der Waals surface area contributed by atoms with Crippen LogP contribution in [0.1, 0.15) is 87.6 Å². The van der Waals surface area contributed by atoms with Gasteiger partial charge in [-0.3, -0.25) is 4.79 Å². The molecule has 3 aliphatic carbocycles. The number of benzene rings is 3. The van der Waals surface area contributed by atoms with E-state index in [0.29, 0.717) is 28.4 Å². The average molecular weight is 614 g/mol. The molecule has 6 unspecified atom stereocenters. The molecule has 3 saturated carbocycles. The molecule has 44 heavy (non-hydrogen) atoms. The van der Waals surface area contributed by atoms with Crippen LogP contribution in [0.3, 0.4) is 0 Å². The second-order valence-electron chi connectivity index (χ2n) is 14.2. The molecule has 6 heteroatoms. The van der Waals surface area contributed by atoms with E-state index >= 15 is 0 Å². The highest BCUT2D eigenvalue weighted by molar-refractivity contribution is 6.30. The van der Waals surface area contributed by atoms with Crippen molar-refractivity contribution in [3.63, 3.8) is 0 Å². The Morgan fingerprint density at radius 3 is 2.30 bits per heavy atom. The van der Waals surface area contributed by atoms with Gasteiger partial charge in [0.05, 0.1) is 31.3 Å². The maximum Gasteiger partial charge on any atom is 0.232 e. The van der Waals surface area contributed by atoms with Crippen molar-refractivity contribution in [2.45, 2.75) is 83.5 Å². The Balaban J connectivity index is 1.26. The van der Waals surface area contributed by atoms with E-state index in [2.05, 4.69) is 12.1 Å². The smallest absolute Gasteiger partial charge is 0.232 e. The summed E-state index contributed by atoms with van der Waals surface area (Å²) < 4.78 is 11.8. The maximum absolute atomic E-state index is 14.0. The first-order chi connectivity index (χ1) is 21.1. The van der Waals surface area contributed by atoms with Crippen LogP contribution in [-0.2, 0) is 16.8 Å². The molecule has 3 aromatic carbocycles. The maximum atomic E-state index is 14.0. The summed E-state index contributed by atoms with van der Waals surface area (Å²) in [6, 6.07) is 19.5. The zero-order valence-electron chi connectivity index (χ0n) is 26.3. The molecule has 1 aliphatic heterocycles. The fourth-order valence-electron chi connectivity index (χ4n) is 9.45. The molecule has 0 saturated heterocycles. The quantitative estimate of drug-likeness (QED) is 0.290. The number of carbonyl (C=O) groups excluding carboxylic acids is 1. The lowest BCUT2D eigenvalue weighted by atomic mass is 9.62. The summed E-state index contributed by atoms with van der Waals surface area (Å²) in [7, 11) is 1.63. The number of nitrogens with zero attached hydrogens (tertiary/aromatic N) is 1. The van der Waals surface area contributed by atoms with Crippen molar-refractivity contribution in [2.24, 2.45) is 29.6 Å². The Morgan fingerprint density at radius 2 is 1.59 bits per heavy atom. The minimum Gasteiger partial charge on any atom is -0.493 e. The number of carbonyl (C=O) groups is 1. The molecular weight excluding hydrogens is 570 g/mol. The van der Waals surface area contributed by atoms with Crippen LogP contribution in [0.15, 0.2) is 60.7 Å². The molecule has 3 bridgehead atoms. The Labute approximate surface area is 266 Å². The van der Waals surface area contributed by atoms with Crippen molar-refractivity contribution in [1.29, 1.82) is 0 Å². The van der Waals surface area contributed by atoms with Crippen LogP contribution >= 0.6 is 11.6 Å². The van der Waals surface area contributed by atoms with Crippen LogP contribution in [0.4, 0.5) is 5.69 Å². The molecule has 1 amide bonds. The van der Waals surface area contributed by atoms with Gasteiger partial charge in [0, 0.05) is 10.7 Å². The minimum absolute atomic E-state index is 0.00839. The number of methoxy groups -OCH3 is 1. The van der Waals surface area contributed by atoms with Crippen molar-refractivity contribution >= 4 is 23.2 Å². The summed E-state index contributed by atoms with van der Waals surface area (Å²) in [5.41, 5.74) is 3.75. The Morgan fingerprint density at radius 1 is 0.909 bits per heavy atom. The third kappa shape index (κ3) is 5.10. The number of rotatable bonds is 7. The van der Waals surface area contributed by atoms with Crippen LogP contribution < -0.4 is 14.4 Å². The predicted octanol–water partition coefficient (Wildman–Crippen LogP) is 8.48. The largest absolute Gasteiger partial charge is 0.493 e. The average Bonchev–Trinajstić information content (AvgIpc) is 3.21. The predicted molar refractivity (Wildman–Crippen MR) is 174 cm³/mol. The first kappa shape index (κ1) is 29.7. The Kier molecular flexibility index (Phi) is 7.69. The summed E-state index contributed by atoms with van der Waals surface area (Å²) >= 11 is 6.29. The molecule has 0 radical (unpaired) electrons. The number of amides is 1. The van der Waals surface area contributed by atoms with Gasteiger partial charge in [-0.15, -0.1) is 0 Å². The summed E-state index contributed by atoms with van der Waals surface area (Å²) in [4.78, 5) is 15.9. The van der Waals surface area contributed by atoms with Gasteiger partial charge in [0.25, 0.3) is 0 Å². The number of ether oxygens (including phenoxy) is 2. The lowest BCUT2D eigenvalue weighted by Crippen LogP contribution is -2.43. The van der Waals surface area contributed by atoms with Gasteiger partial charge in [-0.05, 0) is 128 Å². The number of halogens is 1. The number of fused-ring (bicyclic) bond motifs is 3. The van der Waals surface area contributed by atoms with Crippen LogP contribution in [0.25, 0.3) is 0 Å². The van der Waals surface area contributed by atoms with Gasteiger partial charge in [0.15, 0.2) is 11.5 Å². The minimum atomic E-state index is -0.904. The first-order valence-corrected chi connectivity index (χ1v) is 16.8. The number of hydrogen-bond acceptors (Lipinski definition) is 4. The van der Waals surface area contributed by atoms with E-state index in [-0.39, 0.29) is 30.4 Å². The molecule has 7 atom stereocenters. The molecule has 0 spiro atoms. The van der Waals surface area contributed by atoms with Gasteiger partial charge in [-0.25, -0.2) is 0 Å². The van der Waals surface area contributed by atoms with Crippen LogP contribution in [-0.4, -0.2) is 24.2 Å². The van der Waals surface area contributed by atoms with E-state index in [1.165, 1.54) is 38.5 Å². The molecule has 4 aliphatic rings. The highest BCUT2D eigenvalue weighted by Gasteiger charge is 2.53. The van der Waals surface area contributed by atoms with Gasteiger partial charge >= 0.3 is 0 Å². The van der Waals surface area contributed by atoms with Gasteiger partial charge in [-0.1, -0.05) is 55.1 Å². The van der Waals surface area contributed by atoms with E-state index < -0.39 is 5.60 Å².